The molecule has 0 atom stereocenters. The molecule has 0 aromatic heterocycles. The van der Waals surface area contributed by atoms with Crippen LogP contribution < -0.4 is 5.73 Å². The second-order valence-electron chi connectivity index (χ2n) is 4.87. The van der Waals surface area contributed by atoms with Gasteiger partial charge in [0, 0.05) is 6.54 Å². The van der Waals surface area contributed by atoms with Crippen molar-refractivity contribution < 1.29 is 4.74 Å². The second kappa shape index (κ2) is 4.98. The summed E-state index contributed by atoms with van der Waals surface area (Å²) in [4.78, 5) is 0. The van der Waals surface area contributed by atoms with Crippen LogP contribution in [0.4, 0.5) is 0 Å². The zero-order chi connectivity index (χ0) is 11.4. The number of aryl methyl sites for hydroxylation is 1. The smallest absolute Gasteiger partial charge is 0.0808 e. The first-order chi connectivity index (χ1) is 7.74. The highest BCUT2D eigenvalue weighted by Gasteiger charge is 2.33. The van der Waals surface area contributed by atoms with Crippen LogP contribution in [0.2, 0.25) is 0 Å². The molecule has 0 unspecified atom stereocenters. The molecule has 0 amide bonds. The third-order valence-electron chi connectivity index (χ3n) is 3.55. The van der Waals surface area contributed by atoms with Gasteiger partial charge in [-0.05, 0) is 25.3 Å². The van der Waals surface area contributed by atoms with Crippen molar-refractivity contribution in [1.29, 1.82) is 0 Å². The van der Waals surface area contributed by atoms with E-state index < -0.39 is 0 Å². The Morgan fingerprint density at radius 3 is 2.38 bits per heavy atom. The number of nitrogens with two attached hydrogens (primary N) is 1. The van der Waals surface area contributed by atoms with Crippen molar-refractivity contribution >= 4 is 0 Å². The summed E-state index contributed by atoms with van der Waals surface area (Å²) < 4.78 is 6.04. The highest BCUT2D eigenvalue weighted by Crippen LogP contribution is 2.32. The normalized spacial score (nSPS) is 18.9. The Bertz CT molecular complexity index is 325. The molecule has 1 aliphatic rings. The van der Waals surface area contributed by atoms with Crippen molar-refractivity contribution in [2.45, 2.75) is 44.8 Å². The highest BCUT2D eigenvalue weighted by molar-refractivity contribution is 5.20. The predicted molar refractivity (Wildman–Crippen MR) is 66.2 cm³/mol. The molecule has 0 heterocycles. The van der Waals surface area contributed by atoms with E-state index in [1.165, 1.54) is 24.0 Å². The maximum absolute atomic E-state index is 6.04. The summed E-state index contributed by atoms with van der Waals surface area (Å²) in [6.45, 7) is 3.44. The van der Waals surface area contributed by atoms with Gasteiger partial charge in [-0.15, -0.1) is 0 Å². The minimum Gasteiger partial charge on any atom is -0.369 e. The van der Waals surface area contributed by atoms with E-state index in [0.717, 1.165) is 12.8 Å². The van der Waals surface area contributed by atoms with Gasteiger partial charge in [-0.25, -0.2) is 0 Å². The molecule has 0 radical (unpaired) electrons. The molecule has 1 saturated carbocycles. The molecule has 88 valence electrons. The number of rotatable bonds is 4. The fraction of sp³-hybridized carbons (Fsp3) is 0.571. The lowest BCUT2D eigenvalue weighted by molar-refractivity contribution is -0.0448. The minimum atomic E-state index is -0.0368. The minimum absolute atomic E-state index is 0.0368. The van der Waals surface area contributed by atoms with Gasteiger partial charge in [0.15, 0.2) is 0 Å². The Hall–Kier alpha value is -0.860. The largest absolute Gasteiger partial charge is 0.369 e. The van der Waals surface area contributed by atoms with Gasteiger partial charge >= 0.3 is 0 Å². The lowest BCUT2D eigenvalue weighted by Crippen LogP contribution is -2.37. The van der Waals surface area contributed by atoms with Crippen LogP contribution in [0, 0.1) is 6.92 Å². The highest BCUT2D eigenvalue weighted by atomic mass is 16.5. The summed E-state index contributed by atoms with van der Waals surface area (Å²) in [5, 5.41) is 0. The van der Waals surface area contributed by atoms with Crippen LogP contribution in [0.3, 0.4) is 0 Å². The average Bonchev–Trinajstić information content (AvgIpc) is 2.78. The molecule has 2 rings (SSSR count). The van der Waals surface area contributed by atoms with Crippen LogP contribution >= 0.6 is 0 Å². The Morgan fingerprint density at radius 1 is 1.19 bits per heavy atom. The molecular weight excluding hydrogens is 198 g/mol. The zero-order valence-corrected chi connectivity index (χ0v) is 10.0. The van der Waals surface area contributed by atoms with Crippen molar-refractivity contribution in [3.63, 3.8) is 0 Å². The van der Waals surface area contributed by atoms with E-state index in [1.807, 2.05) is 0 Å². The molecule has 16 heavy (non-hydrogen) atoms. The Morgan fingerprint density at radius 2 is 1.81 bits per heavy atom. The SMILES string of the molecule is Cc1ccc(COC2(CN)CCCC2)cc1. The maximum atomic E-state index is 6.04. The molecule has 1 fully saturated rings. The van der Waals surface area contributed by atoms with Gasteiger partial charge in [0.1, 0.15) is 0 Å². The molecule has 1 aromatic carbocycles. The predicted octanol–water partition coefficient (Wildman–Crippen LogP) is 2.78. The van der Waals surface area contributed by atoms with Gasteiger partial charge in [0.25, 0.3) is 0 Å². The van der Waals surface area contributed by atoms with Crippen LogP contribution in [0.1, 0.15) is 36.8 Å². The summed E-state index contributed by atoms with van der Waals surface area (Å²) in [5.41, 5.74) is 8.33. The Balaban J connectivity index is 1.93. The van der Waals surface area contributed by atoms with Crippen LogP contribution in [-0.4, -0.2) is 12.1 Å². The van der Waals surface area contributed by atoms with Crippen molar-refractivity contribution in [3.8, 4) is 0 Å². The zero-order valence-electron chi connectivity index (χ0n) is 10.0. The van der Waals surface area contributed by atoms with E-state index in [9.17, 15) is 0 Å². The van der Waals surface area contributed by atoms with E-state index in [4.69, 9.17) is 10.5 Å². The van der Waals surface area contributed by atoms with Crippen LogP contribution in [0.15, 0.2) is 24.3 Å². The average molecular weight is 219 g/mol. The maximum Gasteiger partial charge on any atom is 0.0808 e. The van der Waals surface area contributed by atoms with Crippen molar-refractivity contribution in [2.24, 2.45) is 5.73 Å². The number of ether oxygens (including phenoxy) is 1. The quantitative estimate of drug-likeness (QED) is 0.845. The van der Waals surface area contributed by atoms with E-state index in [2.05, 4.69) is 31.2 Å². The molecule has 2 heteroatoms. The van der Waals surface area contributed by atoms with Crippen LogP contribution in [-0.2, 0) is 11.3 Å². The molecular formula is C14H21NO. The van der Waals surface area contributed by atoms with Gasteiger partial charge < -0.3 is 10.5 Å². The van der Waals surface area contributed by atoms with Gasteiger partial charge in [0.05, 0.1) is 12.2 Å². The molecule has 0 saturated heterocycles. The van der Waals surface area contributed by atoms with E-state index in [-0.39, 0.29) is 5.60 Å². The summed E-state index contributed by atoms with van der Waals surface area (Å²) in [6.07, 6.45) is 4.75. The van der Waals surface area contributed by atoms with Gasteiger partial charge in [-0.3, -0.25) is 0 Å². The number of hydrogen-bond acceptors (Lipinski definition) is 2. The third kappa shape index (κ3) is 2.63. The van der Waals surface area contributed by atoms with Gasteiger partial charge in [0.2, 0.25) is 0 Å². The molecule has 0 bridgehead atoms. The molecule has 1 aliphatic carbocycles. The standard InChI is InChI=1S/C14H21NO/c1-12-4-6-13(7-5-12)10-16-14(11-15)8-2-3-9-14/h4-7H,2-3,8-11,15H2,1H3. The summed E-state index contributed by atoms with van der Waals surface area (Å²) in [6, 6.07) is 8.52. The lowest BCUT2D eigenvalue weighted by atomic mass is 10.0. The first-order valence-electron chi connectivity index (χ1n) is 6.14. The number of hydrogen-bond donors (Lipinski definition) is 1. The van der Waals surface area contributed by atoms with E-state index in [0.29, 0.717) is 13.2 Å². The summed E-state index contributed by atoms with van der Waals surface area (Å²) >= 11 is 0. The van der Waals surface area contributed by atoms with E-state index in [1.54, 1.807) is 0 Å². The molecule has 2 N–H and O–H groups in total. The van der Waals surface area contributed by atoms with Crippen molar-refractivity contribution in [1.82, 2.24) is 0 Å². The second-order valence-corrected chi connectivity index (χ2v) is 4.87. The molecule has 0 spiro atoms. The van der Waals surface area contributed by atoms with E-state index >= 15 is 0 Å². The van der Waals surface area contributed by atoms with Crippen molar-refractivity contribution in [2.75, 3.05) is 6.54 Å². The third-order valence-corrected chi connectivity index (χ3v) is 3.55. The number of benzene rings is 1. The summed E-state index contributed by atoms with van der Waals surface area (Å²) in [7, 11) is 0. The fourth-order valence-electron chi connectivity index (χ4n) is 2.35. The Labute approximate surface area is 97.8 Å². The topological polar surface area (TPSA) is 35.2 Å². The molecule has 1 aromatic rings. The van der Waals surface area contributed by atoms with Gasteiger partial charge in [-0.2, -0.15) is 0 Å². The Kier molecular flexibility index (Phi) is 3.62. The monoisotopic (exact) mass is 219 g/mol. The van der Waals surface area contributed by atoms with Crippen molar-refractivity contribution in [3.05, 3.63) is 35.4 Å². The summed E-state index contributed by atoms with van der Waals surface area (Å²) in [5.74, 6) is 0. The molecule has 2 nitrogen and oxygen atoms in total. The van der Waals surface area contributed by atoms with Crippen LogP contribution in [0.25, 0.3) is 0 Å². The molecule has 0 aliphatic heterocycles. The fourth-order valence-corrected chi connectivity index (χ4v) is 2.35. The first kappa shape index (κ1) is 11.6. The lowest BCUT2D eigenvalue weighted by Gasteiger charge is -2.27. The first-order valence-corrected chi connectivity index (χ1v) is 6.14. The van der Waals surface area contributed by atoms with Gasteiger partial charge in [-0.1, -0.05) is 42.7 Å². The van der Waals surface area contributed by atoms with Crippen LogP contribution in [0.5, 0.6) is 0 Å².